The highest BCUT2D eigenvalue weighted by Gasteiger charge is 2.25. The van der Waals surface area contributed by atoms with Gasteiger partial charge in [0.2, 0.25) is 0 Å². The third-order valence-electron chi connectivity index (χ3n) is 4.97. The van der Waals surface area contributed by atoms with E-state index < -0.39 is 0 Å². The quantitative estimate of drug-likeness (QED) is 0.718. The highest BCUT2D eigenvalue weighted by Crippen LogP contribution is 2.35. The number of ether oxygens (including phenoxy) is 1. The molecule has 0 amide bonds. The number of benzene rings is 2. The zero-order chi connectivity index (χ0) is 16.1. The van der Waals surface area contributed by atoms with E-state index in [0.717, 1.165) is 41.6 Å². The Balaban J connectivity index is 1.64. The fourth-order valence-electron chi connectivity index (χ4n) is 3.76. The summed E-state index contributed by atoms with van der Waals surface area (Å²) in [5.41, 5.74) is 6.02. The van der Waals surface area contributed by atoms with Gasteiger partial charge in [0.15, 0.2) is 0 Å². The van der Waals surface area contributed by atoms with Crippen LogP contribution < -0.4 is 10.1 Å². The van der Waals surface area contributed by atoms with E-state index in [9.17, 15) is 0 Å². The molecule has 5 rings (SSSR count). The van der Waals surface area contributed by atoms with Crippen molar-refractivity contribution in [2.45, 2.75) is 19.0 Å². The molecule has 24 heavy (non-hydrogen) atoms. The summed E-state index contributed by atoms with van der Waals surface area (Å²) >= 11 is 6.45. The number of hydrogen-bond donors (Lipinski definition) is 1. The summed E-state index contributed by atoms with van der Waals surface area (Å²) in [7, 11) is 0. The van der Waals surface area contributed by atoms with Crippen molar-refractivity contribution in [3.8, 4) is 11.4 Å². The van der Waals surface area contributed by atoms with Crippen LogP contribution in [0.5, 0.6) is 5.75 Å². The number of nitrogens with zero attached hydrogens (tertiary/aromatic N) is 1. The minimum atomic E-state index is 0.109. The molecule has 2 aromatic carbocycles. The minimum Gasteiger partial charge on any atom is -0.493 e. The lowest BCUT2D eigenvalue weighted by atomic mass is 10.0. The molecule has 0 spiro atoms. The molecule has 0 aliphatic carbocycles. The molecule has 2 aliphatic rings. The van der Waals surface area contributed by atoms with Gasteiger partial charge >= 0.3 is 0 Å². The van der Waals surface area contributed by atoms with Crippen molar-refractivity contribution >= 4 is 11.6 Å². The number of fused-ring (bicyclic) bond motifs is 4. The van der Waals surface area contributed by atoms with Crippen LogP contribution in [0.25, 0.3) is 5.69 Å². The van der Waals surface area contributed by atoms with E-state index in [1.165, 1.54) is 16.8 Å². The number of aromatic nitrogens is 1. The van der Waals surface area contributed by atoms with Crippen molar-refractivity contribution in [1.82, 2.24) is 9.88 Å². The van der Waals surface area contributed by atoms with Crippen LogP contribution in [-0.2, 0) is 13.0 Å². The van der Waals surface area contributed by atoms with Crippen LogP contribution >= 0.6 is 11.6 Å². The Morgan fingerprint density at radius 1 is 1.12 bits per heavy atom. The summed E-state index contributed by atoms with van der Waals surface area (Å²) in [6.07, 6.45) is 3.11. The maximum Gasteiger partial charge on any atom is 0.122 e. The van der Waals surface area contributed by atoms with Gasteiger partial charge in [0.05, 0.1) is 18.3 Å². The third kappa shape index (κ3) is 2.09. The lowest BCUT2D eigenvalue weighted by Crippen LogP contribution is -2.21. The molecule has 1 unspecified atom stereocenters. The second-order valence-electron chi connectivity index (χ2n) is 6.32. The molecule has 0 bridgehead atoms. The third-order valence-corrected chi connectivity index (χ3v) is 5.32. The van der Waals surface area contributed by atoms with Gasteiger partial charge in [-0.1, -0.05) is 29.8 Å². The van der Waals surface area contributed by atoms with Crippen molar-refractivity contribution in [2.75, 3.05) is 6.61 Å². The van der Waals surface area contributed by atoms with Gasteiger partial charge in [0, 0.05) is 35.4 Å². The van der Waals surface area contributed by atoms with E-state index in [0.29, 0.717) is 0 Å². The fraction of sp³-hybridized carbons (Fsp3) is 0.200. The molecule has 120 valence electrons. The van der Waals surface area contributed by atoms with Gasteiger partial charge in [-0.3, -0.25) is 0 Å². The fourth-order valence-corrected chi connectivity index (χ4v) is 3.99. The van der Waals surface area contributed by atoms with Crippen LogP contribution in [0, 0.1) is 0 Å². The van der Waals surface area contributed by atoms with Gasteiger partial charge in [-0.2, -0.15) is 0 Å². The lowest BCUT2D eigenvalue weighted by Gasteiger charge is -2.18. The average Bonchev–Trinajstić information content (AvgIpc) is 3.22. The first-order chi connectivity index (χ1) is 11.8. The molecular weight excluding hydrogens is 320 g/mol. The number of halogens is 1. The Morgan fingerprint density at radius 2 is 2.08 bits per heavy atom. The molecule has 3 nitrogen and oxygen atoms in total. The van der Waals surface area contributed by atoms with Crippen LogP contribution in [0.15, 0.2) is 54.7 Å². The predicted molar refractivity (Wildman–Crippen MR) is 95.1 cm³/mol. The van der Waals surface area contributed by atoms with Gasteiger partial charge in [-0.05, 0) is 41.5 Å². The Bertz CT molecular complexity index is 931. The maximum absolute atomic E-state index is 6.45. The van der Waals surface area contributed by atoms with Crippen LogP contribution in [0.4, 0.5) is 0 Å². The van der Waals surface area contributed by atoms with Crippen molar-refractivity contribution in [3.05, 3.63) is 82.1 Å². The first-order valence-electron chi connectivity index (χ1n) is 8.25. The summed E-state index contributed by atoms with van der Waals surface area (Å²) in [4.78, 5) is 0. The summed E-state index contributed by atoms with van der Waals surface area (Å²) in [6, 6.07) is 17.0. The SMILES string of the molecule is Clc1cccc2c1CNC(c1ccc3c(c1)OCC3)c1cccn1-2. The van der Waals surface area contributed by atoms with Gasteiger partial charge < -0.3 is 14.6 Å². The highest BCUT2D eigenvalue weighted by molar-refractivity contribution is 6.31. The summed E-state index contributed by atoms with van der Waals surface area (Å²) < 4.78 is 7.99. The summed E-state index contributed by atoms with van der Waals surface area (Å²) in [6.45, 7) is 1.52. The normalized spacial score (nSPS) is 18.3. The average molecular weight is 337 g/mol. The zero-order valence-corrected chi connectivity index (χ0v) is 13.9. The topological polar surface area (TPSA) is 26.2 Å². The van der Waals surface area contributed by atoms with E-state index in [-0.39, 0.29) is 6.04 Å². The largest absolute Gasteiger partial charge is 0.493 e. The molecule has 3 heterocycles. The molecule has 1 aromatic heterocycles. The number of rotatable bonds is 1. The summed E-state index contributed by atoms with van der Waals surface area (Å²) in [5, 5.41) is 4.47. The zero-order valence-electron chi connectivity index (χ0n) is 13.1. The number of nitrogens with one attached hydrogen (secondary N) is 1. The van der Waals surface area contributed by atoms with Gasteiger partial charge in [0.1, 0.15) is 5.75 Å². The van der Waals surface area contributed by atoms with Gasteiger partial charge in [0.25, 0.3) is 0 Å². The first kappa shape index (κ1) is 14.1. The minimum absolute atomic E-state index is 0.109. The highest BCUT2D eigenvalue weighted by atomic mass is 35.5. The lowest BCUT2D eigenvalue weighted by molar-refractivity contribution is 0.356. The van der Waals surface area contributed by atoms with Crippen LogP contribution in [-0.4, -0.2) is 11.2 Å². The van der Waals surface area contributed by atoms with Crippen LogP contribution in [0.3, 0.4) is 0 Å². The standard InChI is InChI=1S/C20H17ClN2O/c21-16-3-1-4-17-15(16)12-22-20(18-5-2-9-23(17)18)14-7-6-13-8-10-24-19(13)11-14/h1-7,9,11,20,22H,8,10,12H2. The molecule has 4 heteroatoms. The molecule has 0 radical (unpaired) electrons. The predicted octanol–water partition coefficient (Wildman–Crippen LogP) is 4.26. The van der Waals surface area contributed by atoms with Crippen LogP contribution in [0.2, 0.25) is 5.02 Å². The molecule has 1 N–H and O–H groups in total. The van der Waals surface area contributed by atoms with E-state index in [2.05, 4.69) is 52.5 Å². The maximum atomic E-state index is 6.45. The Hall–Kier alpha value is -2.23. The van der Waals surface area contributed by atoms with Crippen LogP contribution in [0.1, 0.15) is 28.4 Å². The molecular formula is C20H17ClN2O. The molecule has 2 aliphatic heterocycles. The smallest absolute Gasteiger partial charge is 0.122 e. The van der Waals surface area contributed by atoms with E-state index in [1.807, 2.05) is 12.1 Å². The van der Waals surface area contributed by atoms with Crippen molar-refractivity contribution in [2.24, 2.45) is 0 Å². The summed E-state index contributed by atoms with van der Waals surface area (Å²) in [5.74, 6) is 1.02. The van der Waals surface area contributed by atoms with E-state index >= 15 is 0 Å². The van der Waals surface area contributed by atoms with Crippen molar-refractivity contribution in [3.63, 3.8) is 0 Å². The van der Waals surface area contributed by atoms with Crippen molar-refractivity contribution < 1.29 is 4.74 Å². The van der Waals surface area contributed by atoms with E-state index in [4.69, 9.17) is 16.3 Å². The van der Waals surface area contributed by atoms with Crippen molar-refractivity contribution in [1.29, 1.82) is 0 Å². The Labute approximate surface area is 145 Å². The molecule has 1 atom stereocenters. The molecule has 0 saturated heterocycles. The molecule has 0 saturated carbocycles. The Morgan fingerprint density at radius 3 is 3.04 bits per heavy atom. The molecule has 0 fully saturated rings. The second kappa shape index (κ2) is 5.40. The monoisotopic (exact) mass is 336 g/mol. The van der Waals surface area contributed by atoms with E-state index in [1.54, 1.807) is 0 Å². The number of hydrogen-bond acceptors (Lipinski definition) is 2. The van der Waals surface area contributed by atoms with Gasteiger partial charge in [-0.25, -0.2) is 0 Å². The second-order valence-corrected chi connectivity index (χ2v) is 6.73. The first-order valence-corrected chi connectivity index (χ1v) is 8.63. The Kier molecular flexibility index (Phi) is 3.18. The van der Waals surface area contributed by atoms with Gasteiger partial charge in [-0.15, -0.1) is 0 Å². The molecule has 3 aromatic rings.